The Morgan fingerprint density at radius 2 is 2.14 bits per heavy atom. The van der Waals surface area contributed by atoms with Gasteiger partial charge in [0.15, 0.2) is 0 Å². The Bertz CT molecular complexity index is 32.1. The number of alkyl halides is 1. The molecule has 0 aromatic rings. The van der Waals surface area contributed by atoms with Crippen molar-refractivity contribution in [2.45, 2.75) is 6.04 Å². The highest BCUT2D eigenvalue weighted by atomic mass is 35.5. The molecule has 0 saturated carbocycles. The molecule has 0 aromatic heterocycles. The molecule has 0 spiro atoms. The third kappa shape index (κ3) is 6.50. The largest absolute Gasteiger partial charge is 0.395 e. The van der Waals surface area contributed by atoms with E-state index in [1.165, 1.54) is 0 Å². The third-order valence-corrected chi connectivity index (χ3v) is 0.829. The maximum atomic E-state index is 8.13. The van der Waals surface area contributed by atoms with Crippen LogP contribution in [0.1, 0.15) is 0 Å². The average Bonchev–Trinajstić information content (AvgIpc) is 1.65. The van der Waals surface area contributed by atoms with E-state index in [1.807, 2.05) is 0 Å². The Balaban J connectivity index is 0. The van der Waals surface area contributed by atoms with Gasteiger partial charge >= 0.3 is 0 Å². The minimum Gasteiger partial charge on any atom is -0.395 e. The molecule has 0 radical (unpaired) electrons. The highest BCUT2D eigenvalue weighted by molar-refractivity contribution is 6.18. The maximum Gasteiger partial charge on any atom is 0.0594 e. The fourth-order valence-electron chi connectivity index (χ4n) is 0.0488. The summed E-state index contributed by atoms with van der Waals surface area (Å²) in [6, 6.07) is -0.244. The molecule has 0 aromatic carbocycles. The number of rotatable bonds is 2. The lowest BCUT2D eigenvalue weighted by Gasteiger charge is -1.97. The van der Waals surface area contributed by atoms with Gasteiger partial charge in [0, 0.05) is 11.9 Å². The first-order valence-corrected chi connectivity index (χ1v) is 2.27. The number of hydrogen-bond donors (Lipinski definition) is 2. The topological polar surface area (TPSA) is 46.2 Å². The lowest BCUT2D eigenvalue weighted by Crippen LogP contribution is -2.25. The van der Waals surface area contributed by atoms with Gasteiger partial charge in [-0.15, -0.1) is 24.0 Å². The van der Waals surface area contributed by atoms with E-state index in [-0.39, 0.29) is 25.1 Å². The van der Waals surface area contributed by atoms with Crippen molar-refractivity contribution in [2.24, 2.45) is 5.73 Å². The molecule has 0 bridgehead atoms. The molecule has 3 N–H and O–H groups in total. The van der Waals surface area contributed by atoms with Crippen molar-refractivity contribution in [2.75, 3.05) is 12.5 Å². The Morgan fingerprint density at radius 3 is 2.14 bits per heavy atom. The van der Waals surface area contributed by atoms with Crippen LogP contribution in [-0.4, -0.2) is 23.6 Å². The standard InChI is InChI=1S/C3H8ClNO.ClH/c4-1-3(5)2-6;/h3,6H,1-2,5H2;1H. The van der Waals surface area contributed by atoms with Gasteiger partial charge in [-0.25, -0.2) is 0 Å². The summed E-state index contributed by atoms with van der Waals surface area (Å²) in [5.41, 5.74) is 5.09. The normalized spacial score (nSPS) is 12.4. The van der Waals surface area contributed by atoms with Gasteiger partial charge in [-0.2, -0.15) is 0 Å². The van der Waals surface area contributed by atoms with Gasteiger partial charge in [-0.3, -0.25) is 0 Å². The molecule has 4 heteroatoms. The molecule has 1 atom stereocenters. The molecule has 0 aliphatic heterocycles. The average molecular weight is 146 g/mol. The summed E-state index contributed by atoms with van der Waals surface area (Å²) in [4.78, 5) is 0. The van der Waals surface area contributed by atoms with Crippen molar-refractivity contribution in [1.82, 2.24) is 0 Å². The van der Waals surface area contributed by atoms with Gasteiger partial charge in [-0.05, 0) is 0 Å². The van der Waals surface area contributed by atoms with Crippen LogP contribution < -0.4 is 5.73 Å². The second kappa shape index (κ2) is 6.50. The fourth-order valence-corrected chi connectivity index (χ4v) is 0.146. The maximum absolute atomic E-state index is 8.13. The van der Waals surface area contributed by atoms with Gasteiger partial charge in [-0.1, -0.05) is 0 Å². The fraction of sp³-hybridized carbons (Fsp3) is 1.00. The van der Waals surface area contributed by atoms with E-state index in [0.717, 1.165) is 0 Å². The van der Waals surface area contributed by atoms with Crippen molar-refractivity contribution >= 4 is 24.0 Å². The van der Waals surface area contributed by atoms with E-state index >= 15 is 0 Å². The van der Waals surface area contributed by atoms with Crippen LogP contribution >= 0.6 is 24.0 Å². The Hall–Kier alpha value is 0.500. The highest BCUT2D eigenvalue weighted by Gasteiger charge is 1.92. The zero-order chi connectivity index (χ0) is 4.99. The molecule has 0 rings (SSSR count). The van der Waals surface area contributed by atoms with Crippen LogP contribution in [0.3, 0.4) is 0 Å². The number of aliphatic hydroxyl groups excluding tert-OH is 1. The molecular weight excluding hydrogens is 137 g/mol. The van der Waals surface area contributed by atoms with E-state index in [4.69, 9.17) is 22.4 Å². The molecule has 0 amide bonds. The summed E-state index contributed by atoms with van der Waals surface area (Å²) in [6.07, 6.45) is 0. The number of halogens is 2. The monoisotopic (exact) mass is 145 g/mol. The van der Waals surface area contributed by atoms with Crippen LogP contribution in [0.4, 0.5) is 0 Å². The Morgan fingerprint density at radius 1 is 1.71 bits per heavy atom. The van der Waals surface area contributed by atoms with Gasteiger partial charge in [0.2, 0.25) is 0 Å². The molecule has 1 unspecified atom stereocenters. The predicted molar refractivity (Wildman–Crippen MR) is 33.0 cm³/mol. The zero-order valence-electron chi connectivity index (χ0n) is 3.80. The van der Waals surface area contributed by atoms with Crippen LogP contribution in [0.2, 0.25) is 0 Å². The second-order valence-corrected chi connectivity index (χ2v) is 1.41. The van der Waals surface area contributed by atoms with Crippen LogP contribution in [0.5, 0.6) is 0 Å². The molecule has 0 fully saturated rings. The summed E-state index contributed by atoms with van der Waals surface area (Å²) >= 11 is 5.17. The Kier molecular flexibility index (Phi) is 9.73. The van der Waals surface area contributed by atoms with Crippen LogP contribution in [0, 0.1) is 0 Å². The van der Waals surface area contributed by atoms with Crippen LogP contribution in [0.25, 0.3) is 0 Å². The SMILES string of the molecule is Cl.NC(CO)CCl. The summed E-state index contributed by atoms with van der Waals surface area (Å²) in [6.45, 7) is -0.0243. The number of nitrogens with two attached hydrogens (primary N) is 1. The molecule has 2 nitrogen and oxygen atoms in total. The lowest BCUT2D eigenvalue weighted by molar-refractivity contribution is 0.275. The highest BCUT2D eigenvalue weighted by Crippen LogP contribution is 1.78. The van der Waals surface area contributed by atoms with Gasteiger partial charge in [0.05, 0.1) is 6.61 Å². The van der Waals surface area contributed by atoms with Crippen molar-refractivity contribution in [3.63, 3.8) is 0 Å². The molecule has 46 valence electrons. The zero-order valence-corrected chi connectivity index (χ0v) is 5.37. The molecule has 0 aliphatic carbocycles. The minimum absolute atomic E-state index is 0. The smallest absolute Gasteiger partial charge is 0.0594 e. The van der Waals surface area contributed by atoms with Crippen molar-refractivity contribution in [3.05, 3.63) is 0 Å². The molecule has 7 heavy (non-hydrogen) atoms. The van der Waals surface area contributed by atoms with E-state index in [1.54, 1.807) is 0 Å². The van der Waals surface area contributed by atoms with E-state index in [2.05, 4.69) is 0 Å². The first-order valence-electron chi connectivity index (χ1n) is 1.73. The van der Waals surface area contributed by atoms with Crippen molar-refractivity contribution in [3.8, 4) is 0 Å². The summed E-state index contributed by atoms with van der Waals surface area (Å²) in [7, 11) is 0. The first-order chi connectivity index (χ1) is 2.81. The minimum atomic E-state index is -0.244. The first kappa shape index (κ1) is 10.5. The van der Waals surface area contributed by atoms with E-state index < -0.39 is 0 Å². The van der Waals surface area contributed by atoms with E-state index in [9.17, 15) is 0 Å². The van der Waals surface area contributed by atoms with E-state index in [0.29, 0.717) is 5.88 Å². The summed E-state index contributed by atoms with van der Waals surface area (Å²) in [5.74, 6) is 0.330. The van der Waals surface area contributed by atoms with Crippen molar-refractivity contribution < 1.29 is 5.11 Å². The third-order valence-electron chi connectivity index (χ3n) is 0.433. The molecular formula is C3H9Cl2NO. The second-order valence-electron chi connectivity index (χ2n) is 1.10. The van der Waals surface area contributed by atoms with Crippen molar-refractivity contribution in [1.29, 1.82) is 0 Å². The number of aliphatic hydroxyl groups is 1. The van der Waals surface area contributed by atoms with Gasteiger partial charge in [0.25, 0.3) is 0 Å². The lowest BCUT2D eigenvalue weighted by atomic mass is 10.4. The summed E-state index contributed by atoms with van der Waals surface area (Å²) < 4.78 is 0. The van der Waals surface area contributed by atoms with Gasteiger partial charge in [0.1, 0.15) is 0 Å². The molecule has 0 heterocycles. The summed E-state index contributed by atoms with van der Waals surface area (Å²) in [5, 5.41) is 8.13. The molecule has 0 aliphatic rings. The molecule has 0 saturated heterocycles. The van der Waals surface area contributed by atoms with Gasteiger partial charge < -0.3 is 10.8 Å². The predicted octanol–water partition coefficient (Wildman–Crippen LogP) is -0.0334. The number of hydrogen-bond acceptors (Lipinski definition) is 2. The van der Waals surface area contributed by atoms with Crippen LogP contribution in [0.15, 0.2) is 0 Å². The van der Waals surface area contributed by atoms with Crippen LogP contribution in [-0.2, 0) is 0 Å². The Labute approximate surface area is 54.1 Å². The quantitative estimate of drug-likeness (QED) is 0.537.